The van der Waals surface area contributed by atoms with Crippen LogP contribution in [0.15, 0.2) is 48.9 Å². The van der Waals surface area contributed by atoms with Gasteiger partial charge in [-0.05, 0) is 73.1 Å². The van der Waals surface area contributed by atoms with Crippen molar-refractivity contribution in [3.63, 3.8) is 0 Å². The first-order valence-corrected chi connectivity index (χ1v) is 13.3. The van der Waals surface area contributed by atoms with Crippen molar-refractivity contribution in [1.82, 2.24) is 10.3 Å². The summed E-state index contributed by atoms with van der Waals surface area (Å²) in [6, 6.07) is 6.94. The maximum atomic E-state index is 5.98. The highest BCUT2D eigenvalue weighted by Crippen LogP contribution is 2.32. The average molecular weight is 466 g/mol. The zero-order valence-corrected chi connectivity index (χ0v) is 23.2. The van der Waals surface area contributed by atoms with Crippen LogP contribution < -0.4 is 11.1 Å². The molecule has 0 amide bonds. The molecule has 3 nitrogen and oxygen atoms in total. The first kappa shape index (κ1) is 28.1. The lowest BCUT2D eigenvalue weighted by Gasteiger charge is -2.32. The molecule has 0 aliphatic heterocycles. The summed E-state index contributed by atoms with van der Waals surface area (Å²) in [5.74, 6) is 3.07. The molecule has 3 unspecified atom stereocenters. The molecule has 3 heteroatoms. The van der Waals surface area contributed by atoms with Crippen molar-refractivity contribution < 1.29 is 0 Å². The Hall–Kier alpha value is -2.16. The van der Waals surface area contributed by atoms with E-state index >= 15 is 0 Å². The molecule has 4 N–H and O–H groups in total. The molecule has 0 bridgehead atoms. The number of benzene rings is 1. The van der Waals surface area contributed by atoms with Crippen molar-refractivity contribution in [1.29, 1.82) is 0 Å². The van der Waals surface area contributed by atoms with Crippen LogP contribution in [0.1, 0.15) is 78.9 Å². The molecular weight excluding hydrogens is 414 g/mol. The van der Waals surface area contributed by atoms with Crippen LogP contribution >= 0.6 is 0 Å². The molecule has 2 rings (SSSR count). The molecule has 0 aliphatic carbocycles. The normalized spacial score (nSPS) is 15.0. The van der Waals surface area contributed by atoms with Gasteiger partial charge in [-0.1, -0.05) is 74.1 Å². The van der Waals surface area contributed by atoms with Gasteiger partial charge in [0, 0.05) is 46.4 Å². The van der Waals surface area contributed by atoms with Crippen molar-refractivity contribution in [2.75, 3.05) is 6.54 Å². The molecular formula is C31H51N3. The molecule has 1 heterocycles. The van der Waals surface area contributed by atoms with Crippen LogP contribution in [-0.4, -0.2) is 11.5 Å². The van der Waals surface area contributed by atoms with E-state index in [0.717, 1.165) is 18.7 Å². The van der Waals surface area contributed by atoms with Crippen molar-refractivity contribution in [3.05, 3.63) is 60.1 Å². The summed E-state index contributed by atoms with van der Waals surface area (Å²) in [5.41, 5.74) is 11.7. The maximum absolute atomic E-state index is 5.98. The molecule has 0 spiro atoms. The summed E-state index contributed by atoms with van der Waals surface area (Å²) in [7, 11) is 0. The van der Waals surface area contributed by atoms with Gasteiger partial charge in [-0.2, -0.15) is 0 Å². The maximum Gasteiger partial charge on any atom is 0.0456 e. The predicted molar refractivity (Wildman–Crippen MR) is 151 cm³/mol. The molecule has 0 fully saturated rings. The first-order chi connectivity index (χ1) is 15.8. The average Bonchev–Trinajstić information content (AvgIpc) is 3.12. The van der Waals surface area contributed by atoms with E-state index in [1.165, 1.54) is 41.3 Å². The third-order valence-corrected chi connectivity index (χ3v) is 7.96. The number of hydrogen-bond acceptors (Lipinski definition) is 2. The fourth-order valence-electron chi connectivity index (χ4n) is 4.85. The highest BCUT2D eigenvalue weighted by Gasteiger charge is 2.25. The van der Waals surface area contributed by atoms with Crippen LogP contribution in [0.25, 0.3) is 10.9 Å². The number of rotatable bonds is 14. The summed E-state index contributed by atoms with van der Waals surface area (Å²) in [6.07, 6.45) is 6.97. The molecule has 190 valence electrons. The van der Waals surface area contributed by atoms with E-state index in [1.54, 1.807) is 0 Å². The zero-order valence-electron chi connectivity index (χ0n) is 23.2. The third-order valence-electron chi connectivity index (χ3n) is 7.96. The molecule has 1 aromatic heterocycles. The van der Waals surface area contributed by atoms with Crippen LogP contribution in [-0.2, 0) is 6.42 Å². The van der Waals surface area contributed by atoms with Crippen LogP contribution in [0.5, 0.6) is 0 Å². The van der Waals surface area contributed by atoms with Crippen molar-refractivity contribution in [2.24, 2.45) is 40.7 Å². The van der Waals surface area contributed by atoms with Crippen LogP contribution in [0.2, 0.25) is 0 Å². The van der Waals surface area contributed by atoms with Gasteiger partial charge >= 0.3 is 0 Å². The summed E-state index contributed by atoms with van der Waals surface area (Å²) < 4.78 is 0. The Morgan fingerprint density at radius 2 is 1.74 bits per heavy atom. The predicted octanol–water partition coefficient (Wildman–Crippen LogP) is 7.97. The second-order valence-electron chi connectivity index (χ2n) is 12.1. The highest BCUT2D eigenvalue weighted by atomic mass is 14.9. The topological polar surface area (TPSA) is 53.8 Å². The minimum atomic E-state index is -0.136. The van der Waals surface area contributed by atoms with Gasteiger partial charge in [0.1, 0.15) is 0 Å². The number of fused-ring (bicyclic) bond motifs is 1. The van der Waals surface area contributed by atoms with Crippen molar-refractivity contribution in [3.8, 4) is 0 Å². The SMILES string of the molecule is C=C(NCC(C)(C)C(=C)N)C(CC(C)CCC(Cc1ccc2[nH]cc(C)c2c1)C(C)C)C(C)C. The van der Waals surface area contributed by atoms with Gasteiger partial charge in [0.05, 0.1) is 0 Å². The fourth-order valence-corrected chi connectivity index (χ4v) is 4.85. The summed E-state index contributed by atoms with van der Waals surface area (Å²) >= 11 is 0. The minimum absolute atomic E-state index is 0.136. The number of aromatic nitrogens is 1. The quantitative estimate of drug-likeness (QED) is 0.265. The second-order valence-corrected chi connectivity index (χ2v) is 12.1. The summed E-state index contributed by atoms with van der Waals surface area (Å²) in [6.45, 7) is 27.4. The molecule has 1 aromatic carbocycles. The lowest BCUT2D eigenvalue weighted by Crippen LogP contribution is -2.35. The van der Waals surface area contributed by atoms with E-state index in [0.29, 0.717) is 35.3 Å². The number of H-pyrrole nitrogens is 1. The zero-order chi connectivity index (χ0) is 25.6. The molecule has 0 saturated carbocycles. The Balaban J connectivity index is 1.95. The lowest BCUT2D eigenvalue weighted by molar-refractivity contribution is 0.279. The molecule has 0 aliphatic rings. The monoisotopic (exact) mass is 465 g/mol. The van der Waals surface area contributed by atoms with Crippen molar-refractivity contribution in [2.45, 2.75) is 81.1 Å². The Kier molecular flexibility index (Phi) is 9.91. The van der Waals surface area contributed by atoms with Gasteiger partial charge in [0.2, 0.25) is 0 Å². The number of allylic oxidation sites excluding steroid dienone is 1. The van der Waals surface area contributed by atoms with Crippen molar-refractivity contribution >= 4 is 10.9 Å². The number of aromatic amines is 1. The van der Waals surface area contributed by atoms with Gasteiger partial charge in [-0.3, -0.25) is 0 Å². The van der Waals surface area contributed by atoms with Gasteiger partial charge in [0.15, 0.2) is 0 Å². The first-order valence-electron chi connectivity index (χ1n) is 13.3. The second kappa shape index (κ2) is 12.0. The van der Waals surface area contributed by atoms with Gasteiger partial charge in [-0.15, -0.1) is 0 Å². The Morgan fingerprint density at radius 3 is 2.32 bits per heavy atom. The Morgan fingerprint density at radius 1 is 1.06 bits per heavy atom. The van der Waals surface area contributed by atoms with Crippen LogP contribution in [0, 0.1) is 41.9 Å². The molecule has 34 heavy (non-hydrogen) atoms. The molecule has 3 atom stereocenters. The van der Waals surface area contributed by atoms with Crippen LogP contribution in [0.4, 0.5) is 0 Å². The van der Waals surface area contributed by atoms with E-state index < -0.39 is 0 Å². The third kappa shape index (κ3) is 7.68. The molecule has 2 aromatic rings. The lowest BCUT2D eigenvalue weighted by atomic mass is 9.79. The summed E-state index contributed by atoms with van der Waals surface area (Å²) in [4.78, 5) is 3.37. The minimum Gasteiger partial charge on any atom is -0.402 e. The fraction of sp³-hybridized carbons (Fsp3) is 0.613. The smallest absolute Gasteiger partial charge is 0.0456 e. The van der Waals surface area contributed by atoms with Gasteiger partial charge in [0.25, 0.3) is 0 Å². The van der Waals surface area contributed by atoms with E-state index in [-0.39, 0.29) is 5.41 Å². The van der Waals surface area contributed by atoms with E-state index in [9.17, 15) is 0 Å². The number of hydrogen-bond donors (Lipinski definition) is 3. The van der Waals surface area contributed by atoms with E-state index in [1.807, 2.05) is 0 Å². The standard InChI is InChI=1S/C31H51N3/c1-20(2)27(16-26-12-14-30-29(17-26)23(6)18-33-30)13-11-22(5)15-28(21(3)4)24(7)34-19-31(9,10)25(8)32/h12,14,17-18,20-22,27-28,33-34H,7-8,11,13,15-16,19,32H2,1-6,9-10H3. The van der Waals surface area contributed by atoms with Gasteiger partial charge in [-0.25, -0.2) is 0 Å². The Labute approximate surface area is 209 Å². The van der Waals surface area contributed by atoms with E-state index in [2.05, 4.69) is 103 Å². The Bertz CT molecular complexity index is 947. The number of nitrogens with one attached hydrogen (secondary N) is 2. The largest absolute Gasteiger partial charge is 0.402 e. The van der Waals surface area contributed by atoms with Crippen LogP contribution in [0.3, 0.4) is 0 Å². The number of aryl methyl sites for hydroxylation is 1. The number of nitrogens with two attached hydrogens (primary N) is 1. The highest BCUT2D eigenvalue weighted by molar-refractivity contribution is 5.83. The van der Waals surface area contributed by atoms with Gasteiger partial charge < -0.3 is 16.0 Å². The molecule has 0 saturated heterocycles. The molecule has 0 radical (unpaired) electrons. The summed E-state index contributed by atoms with van der Waals surface area (Å²) in [5, 5.41) is 4.95. The van der Waals surface area contributed by atoms with E-state index in [4.69, 9.17) is 5.73 Å².